The summed E-state index contributed by atoms with van der Waals surface area (Å²) in [6.07, 6.45) is 5.61. The van der Waals surface area contributed by atoms with Gasteiger partial charge in [-0.05, 0) is 26.3 Å². The molecule has 2 heterocycles. The van der Waals surface area contributed by atoms with Gasteiger partial charge in [-0.1, -0.05) is 0 Å². The van der Waals surface area contributed by atoms with E-state index in [1.165, 1.54) is 0 Å². The first-order valence-corrected chi connectivity index (χ1v) is 5.77. The molecule has 0 radical (unpaired) electrons. The van der Waals surface area contributed by atoms with Crippen molar-refractivity contribution in [2.45, 2.75) is 25.8 Å². The Morgan fingerprint density at radius 2 is 2.56 bits per heavy atom. The molecule has 5 nitrogen and oxygen atoms in total. The highest BCUT2D eigenvalue weighted by atomic mass is 16.2. The van der Waals surface area contributed by atoms with Crippen LogP contribution >= 0.6 is 0 Å². The molecule has 0 bridgehead atoms. The number of nitrogens with zero attached hydrogens (tertiary/aromatic N) is 1. The van der Waals surface area contributed by atoms with Gasteiger partial charge in [0.2, 0.25) is 5.91 Å². The van der Waals surface area contributed by atoms with Crippen LogP contribution in [-0.2, 0) is 4.79 Å². The summed E-state index contributed by atoms with van der Waals surface area (Å²) in [5.74, 6) is 0.254. The molecule has 0 spiro atoms. The van der Waals surface area contributed by atoms with E-state index in [2.05, 4.69) is 20.8 Å². The van der Waals surface area contributed by atoms with Gasteiger partial charge in [0.1, 0.15) is 0 Å². The van der Waals surface area contributed by atoms with Crippen molar-refractivity contribution in [3.05, 3.63) is 18.0 Å². The van der Waals surface area contributed by atoms with Gasteiger partial charge in [0.25, 0.3) is 0 Å². The Morgan fingerprint density at radius 3 is 3.19 bits per heavy atom. The molecule has 1 amide bonds. The Balaban J connectivity index is 1.86. The maximum atomic E-state index is 11.9. The Bertz CT molecular complexity index is 330. The highest BCUT2D eigenvalue weighted by Gasteiger charge is 2.22. The second kappa shape index (κ2) is 5.12. The number of hydrogen-bond acceptors (Lipinski definition) is 3. The van der Waals surface area contributed by atoms with Crippen LogP contribution in [0.5, 0.6) is 0 Å². The summed E-state index contributed by atoms with van der Waals surface area (Å²) >= 11 is 0. The number of carbonyl (C=O) groups excluding carboxylic acids is 1. The third-order valence-electron chi connectivity index (χ3n) is 3.05. The van der Waals surface area contributed by atoms with E-state index in [9.17, 15) is 4.79 Å². The van der Waals surface area contributed by atoms with Crippen LogP contribution in [0.4, 0.5) is 0 Å². The Hall–Kier alpha value is -1.36. The van der Waals surface area contributed by atoms with Crippen molar-refractivity contribution in [2.75, 3.05) is 13.1 Å². The van der Waals surface area contributed by atoms with Gasteiger partial charge in [0, 0.05) is 18.3 Å². The Kier molecular flexibility index (Phi) is 3.56. The maximum absolute atomic E-state index is 11.9. The van der Waals surface area contributed by atoms with Crippen molar-refractivity contribution in [1.82, 2.24) is 20.8 Å². The average molecular weight is 222 g/mol. The van der Waals surface area contributed by atoms with Crippen LogP contribution in [-0.4, -0.2) is 29.2 Å². The summed E-state index contributed by atoms with van der Waals surface area (Å²) in [6, 6.07) is 0.0215. The van der Waals surface area contributed by atoms with Crippen molar-refractivity contribution in [1.29, 1.82) is 0 Å². The smallest absolute Gasteiger partial charge is 0.224 e. The molecule has 0 aliphatic carbocycles. The van der Waals surface area contributed by atoms with Crippen molar-refractivity contribution in [2.24, 2.45) is 5.92 Å². The lowest BCUT2D eigenvalue weighted by molar-refractivity contribution is -0.126. The van der Waals surface area contributed by atoms with E-state index in [0.29, 0.717) is 0 Å². The Morgan fingerprint density at radius 1 is 1.69 bits per heavy atom. The highest BCUT2D eigenvalue weighted by Crippen LogP contribution is 2.14. The highest BCUT2D eigenvalue weighted by molar-refractivity contribution is 5.79. The fourth-order valence-corrected chi connectivity index (χ4v) is 1.99. The number of nitrogens with one attached hydrogen (secondary N) is 3. The molecule has 0 saturated carbocycles. The van der Waals surface area contributed by atoms with Crippen molar-refractivity contribution in [3.63, 3.8) is 0 Å². The molecule has 1 unspecified atom stereocenters. The fraction of sp³-hybridized carbons (Fsp3) is 0.636. The second-order valence-electron chi connectivity index (χ2n) is 4.31. The van der Waals surface area contributed by atoms with Crippen molar-refractivity contribution >= 4 is 5.91 Å². The first kappa shape index (κ1) is 11.1. The third kappa shape index (κ3) is 2.61. The van der Waals surface area contributed by atoms with Crippen molar-refractivity contribution < 1.29 is 4.79 Å². The van der Waals surface area contributed by atoms with Crippen LogP contribution < -0.4 is 10.6 Å². The molecular weight excluding hydrogens is 204 g/mol. The SMILES string of the molecule is CC(NC(=O)[C@H]1CCCNC1)c1cn[nH]c1. The van der Waals surface area contributed by atoms with Crippen LogP contribution in [0.15, 0.2) is 12.4 Å². The number of aromatic amines is 1. The molecule has 16 heavy (non-hydrogen) atoms. The first-order valence-electron chi connectivity index (χ1n) is 5.77. The van der Waals surface area contributed by atoms with Crippen LogP contribution in [0.1, 0.15) is 31.4 Å². The third-order valence-corrected chi connectivity index (χ3v) is 3.05. The summed E-state index contributed by atoms with van der Waals surface area (Å²) in [6.45, 7) is 3.80. The van der Waals surface area contributed by atoms with Crippen molar-refractivity contribution in [3.8, 4) is 0 Å². The first-order chi connectivity index (χ1) is 7.77. The second-order valence-corrected chi connectivity index (χ2v) is 4.31. The molecule has 1 aromatic heterocycles. The molecule has 1 aromatic rings. The van der Waals surface area contributed by atoms with E-state index in [1.54, 1.807) is 6.20 Å². The molecule has 1 saturated heterocycles. The van der Waals surface area contributed by atoms with Gasteiger partial charge >= 0.3 is 0 Å². The van der Waals surface area contributed by atoms with Crippen LogP contribution in [0.25, 0.3) is 0 Å². The predicted octanol–water partition coefficient (Wildman–Crippen LogP) is 0.586. The average Bonchev–Trinajstić information content (AvgIpc) is 2.83. The minimum atomic E-state index is 0.0215. The quantitative estimate of drug-likeness (QED) is 0.701. The molecule has 2 rings (SSSR count). The zero-order valence-corrected chi connectivity index (χ0v) is 9.49. The normalized spacial score (nSPS) is 22.7. The van der Waals surface area contributed by atoms with E-state index in [4.69, 9.17) is 0 Å². The molecule has 1 aliphatic heterocycles. The summed E-state index contributed by atoms with van der Waals surface area (Å²) in [5.41, 5.74) is 1.01. The van der Waals surface area contributed by atoms with Gasteiger partial charge in [0.05, 0.1) is 18.2 Å². The van der Waals surface area contributed by atoms with Crippen LogP contribution in [0.2, 0.25) is 0 Å². The van der Waals surface area contributed by atoms with Gasteiger partial charge in [-0.2, -0.15) is 5.10 Å². The van der Waals surface area contributed by atoms with Gasteiger partial charge in [0.15, 0.2) is 0 Å². The van der Waals surface area contributed by atoms with E-state index >= 15 is 0 Å². The van der Waals surface area contributed by atoms with Gasteiger partial charge in [-0.15, -0.1) is 0 Å². The van der Waals surface area contributed by atoms with E-state index in [0.717, 1.165) is 31.5 Å². The monoisotopic (exact) mass is 222 g/mol. The Labute approximate surface area is 95.0 Å². The number of aromatic nitrogens is 2. The lowest BCUT2D eigenvalue weighted by Crippen LogP contribution is -2.41. The topological polar surface area (TPSA) is 69.8 Å². The lowest BCUT2D eigenvalue weighted by atomic mass is 9.98. The van der Waals surface area contributed by atoms with Gasteiger partial charge < -0.3 is 10.6 Å². The molecule has 0 aromatic carbocycles. The largest absolute Gasteiger partial charge is 0.349 e. The molecule has 5 heteroatoms. The minimum absolute atomic E-state index is 0.0215. The predicted molar refractivity (Wildman–Crippen MR) is 60.7 cm³/mol. The molecule has 2 atom stereocenters. The molecule has 1 aliphatic rings. The van der Waals surface area contributed by atoms with Crippen LogP contribution in [0.3, 0.4) is 0 Å². The molecule has 1 fully saturated rings. The maximum Gasteiger partial charge on any atom is 0.224 e. The number of rotatable bonds is 3. The number of piperidine rings is 1. The minimum Gasteiger partial charge on any atom is -0.349 e. The lowest BCUT2D eigenvalue weighted by Gasteiger charge is -2.23. The summed E-state index contributed by atoms with van der Waals surface area (Å²) in [5, 5.41) is 12.9. The van der Waals surface area contributed by atoms with E-state index < -0.39 is 0 Å². The number of H-pyrrole nitrogens is 1. The summed E-state index contributed by atoms with van der Waals surface area (Å²) in [4.78, 5) is 11.9. The van der Waals surface area contributed by atoms with E-state index in [-0.39, 0.29) is 17.9 Å². The summed E-state index contributed by atoms with van der Waals surface area (Å²) < 4.78 is 0. The number of hydrogen-bond donors (Lipinski definition) is 3. The van der Waals surface area contributed by atoms with Gasteiger partial charge in [-0.3, -0.25) is 9.89 Å². The summed E-state index contributed by atoms with van der Waals surface area (Å²) in [7, 11) is 0. The molecule has 3 N–H and O–H groups in total. The van der Waals surface area contributed by atoms with E-state index in [1.807, 2.05) is 13.1 Å². The van der Waals surface area contributed by atoms with Gasteiger partial charge in [-0.25, -0.2) is 0 Å². The zero-order chi connectivity index (χ0) is 11.4. The van der Waals surface area contributed by atoms with Crippen LogP contribution in [0, 0.1) is 5.92 Å². The molecular formula is C11H18N4O. The number of amides is 1. The number of carbonyl (C=O) groups is 1. The fourth-order valence-electron chi connectivity index (χ4n) is 1.99. The molecule has 88 valence electrons. The zero-order valence-electron chi connectivity index (χ0n) is 9.49. The standard InChI is InChI=1S/C11H18N4O/c1-8(10-6-13-14-7-10)15-11(16)9-3-2-4-12-5-9/h6-9,12H,2-5H2,1H3,(H,13,14)(H,15,16)/t8?,9-/m0/s1.